The van der Waals surface area contributed by atoms with Gasteiger partial charge in [-0.2, -0.15) is 0 Å². The first-order chi connectivity index (χ1) is 11.5. The van der Waals surface area contributed by atoms with E-state index in [1.807, 2.05) is 19.9 Å². The summed E-state index contributed by atoms with van der Waals surface area (Å²) in [5.41, 5.74) is 1.62. The molecule has 130 valence electrons. The molecule has 0 spiro atoms. The van der Waals surface area contributed by atoms with E-state index < -0.39 is 0 Å². The Morgan fingerprint density at radius 3 is 2.75 bits per heavy atom. The maximum absolute atomic E-state index is 12.7. The second-order valence-corrected chi connectivity index (χ2v) is 7.04. The summed E-state index contributed by atoms with van der Waals surface area (Å²) >= 11 is 0. The van der Waals surface area contributed by atoms with Crippen LogP contribution in [0.1, 0.15) is 34.5 Å². The zero-order valence-electron chi connectivity index (χ0n) is 14.7. The van der Waals surface area contributed by atoms with E-state index in [-0.39, 0.29) is 17.0 Å². The average molecular weight is 330 g/mol. The number of ether oxygens (including phenoxy) is 1. The third-order valence-corrected chi connectivity index (χ3v) is 5.39. The van der Waals surface area contributed by atoms with Gasteiger partial charge in [0, 0.05) is 25.9 Å². The molecule has 24 heavy (non-hydrogen) atoms. The topological polar surface area (TPSA) is 60.3 Å². The number of allylic oxidation sites excluding steroid dienone is 2. The summed E-state index contributed by atoms with van der Waals surface area (Å²) in [5, 5.41) is 2.99. The predicted octanol–water partition coefficient (Wildman–Crippen LogP) is 2.05. The van der Waals surface area contributed by atoms with Crippen molar-refractivity contribution in [1.82, 2.24) is 9.88 Å². The van der Waals surface area contributed by atoms with E-state index in [2.05, 4.69) is 17.5 Å². The molecule has 1 aromatic rings. The molecule has 0 saturated heterocycles. The van der Waals surface area contributed by atoms with Crippen molar-refractivity contribution in [2.24, 2.45) is 17.8 Å². The molecule has 3 rings (SSSR count). The molecular formula is C19H26N2O3. The third-order valence-electron chi connectivity index (χ3n) is 5.39. The molecule has 1 N–H and O–H groups in total. The van der Waals surface area contributed by atoms with Crippen molar-refractivity contribution in [2.75, 3.05) is 20.3 Å². The van der Waals surface area contributed by atoms with E-state index in [9.17, 15) is 9.59 Å². The highest BCUT2D eigenvalue weighted by Crippen LogP contribution is 2.42. The minimum Gasteiger partial charge on any atom is -0.383 e. The van der Waals surface area contributed by atoms with E-state index in [4.69, 9.17) is 4.74 Å². The molecule has 1 aromatic heterocycles. The van der Waals surface area contributed by atoms with E-state index in [1.165, 1.54) is 6.42 Å². The lowest BCUT2D eigenvalue weighted by atomic mass is 9.93. The van der Waals surface area contributed by atoms with Gasteiger partial charge in [0.1, 0.15) is 5.56 Å². The normalized spacial score (nSPS) is 24.5. The Labute approximate surface area is 142 Å². The largest absolute Gasteiger partial charge is 0.383 e. The van der Waals surface area contributed by atoms with Crippen molar-refractivity contribution >= 4 is 5.91 Å². The van der Waals surface area contributed by atoms with Gasteiger partial charge in [0.25, 0.3) is 11.5 Å². The first-order valence-electron chi connectivity index (χ1n) is 8.67. The van der Waals surface area contributed by atoms with Gasteiger partial charge in [0.15, 0.2) is 0 Å². The quantitative estimate of drug-likeness (QED) is 0.812. The van der Waals surface area contributed by atoms with Gasteiger partial charge in [0.2, 0.25) is 0 Å². The Kier molecular flexibility index (Phi) is 4.90. The number of carbonyl (C=O) groups excluding carboxylic acids is 1. The molecule has 1 saturated carbocycles. The molecule has 2 bridgehead atoms. The van der Waals surface area contributed by atoms with Crippen molar-refractivity contribution in [2.45, 2.75) is 33.2 Å². The van der Waals surface area contributed by atoms with Gasteiger partial charge in [-0.3, -0.25) is 9.59 Å². The number of rotatable bonds is 6. The number of hydrogen-bond acceptors (Lipinski definition) is 3. The molecule has 2 aliphatic carbocycles. The summed E-state index contributed by atoms with van der Waals surface area (Å²) in [7, 11) is 1.60. The number of nitrogens with zero attached hydrogens (tertiary/aromatic N) is 1. The lowest BCUT2D eigenvalue weighted by Crippen LogP contribution is -2.38. The average Bonchev–Trinajstić information content (AvgIpc) is 3.15. The van der Waals surface area contributed by atoms with Crippen LogP contribution in [0.25, 0.3) is 0 Å². The zero-order valence-corrected chi connectivity index (χ0v) is 14.7. The smallest absolute Gasteiger partial charge is 0.263 e. The molecule has 0 unspecified atom stereocenters. The monoisotopic (exact) mass is 330 g/mol. The molecule has 1 heterocycles. The highest BCUT2D eigenvalue weighted by Gasteiger charge is 2.35. The number of nitrogens with one attached hydrogen (secondary N) is 1. The van der Waals surface area contributed by atoms with Gasteiger partial charge in [-0.1, -0.05) is 12.2 Å². The summed E-state index contributed by atoms with van der Waals surface area (Å²) in [6.45, 7) is 5.26. The second-order valence-electron chi connectivity index (χ2n) is 7.04. The first kappa shape index (κ1) is 17.0. The SMILES string of the molecule is COCCn1c(C)cc(C)c(C(=O)NC[C@H]2C[C@H]3C=C[C@H]2C3)c1=O. The van der Waals surface area contributed by atoms with Gasteiger partial charge >= 0.3 is 0 Å². The van der Waals surface area contributed by atoms with Gasteiger partial charge in [0.05, 0.1) is 6.61 Å². The number of aromatic nitrogens is 1. The number of pyridine rings is 1. The molecule has 3 atom stereocenters. The standard InChI is InChI=1S/C19H26N2O3/c1-12-8-13(2)21(6-7-24-3)19(23)17(12)18(22)20-11-16-10-14-4-5-15(16)9-14/h4-5,8,14-16H,6-7,9-11H2,1-3H3,(H,20,22)/t14-,15-,16+/m0/s1. The Hall–Kier alpha value is -1.88. The lowest BCUT2D eigenvalue weighted by Gasteiger charge is -2.19. The number of hydrogen-bond donors (Lipinski definition) is 1. The molecule has 1 fully saturated rings. The minimum absolute atomic E-state index is 0.227. The molecule has 0 aromatic carbocycles. The Balaban J connectivity index is 1.74. The Bertz CT molecular complexity index is 720. The van der Waals surface area contributed by atoms with E-state index >= 15 is 0 Å². The molecule has 5 nitrogen and oxygen atoms in total. The number of fused-ring (bicyclic) bond motifs is 2. The molecule has 5 heteroatoms. The molecule has 0 radical (unpaired) electrons. The van der Waals surface area contributed by atoms with E-state index in [0.29, 0.717) is 37.5 Å². The minimum atomic E-state index is -0.254. The van der Waals surface area contributed by atoms with Crippen molar-refractivity contribution in [1.29, 1.82) is 0 Å². The fourth-order valence-electron chi connectivity index (χ4n) is 4.11. The Morgan fingerprint density at radius 2 is 2.12 bits per heavy atom. The van der Waals surface area contributed by atoms with Crippen LogP contribution >= 0.6 is 0 Å². The highest BCUT2D eigenvalue weighted by atomic mass is 16.5. The summed E-state index contributed by atoms with van der Waals surface area (Å²) in [4.78, 5) is 25.3. The number of amides is 1. The maximum Gasteiger partial charge on any atom is 0.263 e. The van der Waals surface area contributed by atoms with E-state index in [1.54, 1.807) is 11.7 Å². The fourth-order valence-corrected chi connectivity index (χ4v) is 4.11. The van der Waals surface area contributed by atoms with Crippen LogP contribution in [0.2, 0.25) is 0 Å². The van der Waals surface area contributed by atoms with Gasteiger partial charge < -0.3 is 14.6 Å². The van der Waals surface area contributed by atoms with Crippen molar-refractivity contribution in [3.63, 3.8) is 0 Å². The van der Waals surface area contributed by atoms with Crippen molar-refractivity contribution in [3.8, 4) is 0 Å². The van der Waals surface area contributed by atoms with Crippen LogP contribution in [0.3, 0.4) is 0 Å². The van der Waals surface area contributed by atoms with Gasteiger partial charge in [-0.05, 0) is 56.1 Å². The molecule has 2 aliphatic rings. The van der Waals surface area contributed by atoms with Crippen molar-refractivity contribution in [3.05, 3.63) is 45.4 Å². The van der Waals surface area contributed by atoms with Crippen molar-refractivity contribution < 1.29 is 9.53 Å². The van der Waals surface area contributed by atoms with Crippen LogP contribution in [0.5, 0.6) is 0 Å². The summed E-state index contributed by atoms with van der Waals surface area (Å²) < 4.78 is 6.68. The fraction of sp³-hybridized carbons (Fsp3) is 0.579. The van der Waals surface area contributed by atoms with E-state index in [0.717, 1.165) is 17.7 Å². The predicted molar refractivity (Wildman–Crippen MR) is 93.2 cm³/mol. The summed E-state index contributed by atoms with van der Waals surface area (Å²) in [5.74, 6) is 1.53. The molecule has 1 amide bonds. The van der Waals surface area contributed by atoms with Crippen LogP contribution in [-0.2, 0) is 11.3 Å². The molecule has 0 aliphatic heterocycles. The van der Waals surface area contributed by atoms with Crippen LogP contribution in [-0.4, -0.2) is 30.7 Å². The second kappa shape index (κ2) is 6.93. The van der Waals surface area contributed by atoms with Crippen LogP contribution in [0.4, 0.5) is 0 Å². The van der Waals surface area contributed by atoms with Crippen LogP contribution in [0.15, 0.2) is 23.0 Å². The maximum atomic E-state index is 12.7. The van der Waals surface area contributed by atoms with Gasteiger partial charge in [-0.25, -0.2) is 0 Å². The zero-order chi connectivity index (χ0) is 17.3. The first-order valence-corrected chi connectivity index (χ1v) is 8.67. The third kappa shape index (κ3) is 3.18. The van der Waals surface area contributed by atoms with Crippen LogP contribution in [0, 0.1) is 31.6 Å². The van der Waals surface area contributed by atoms with Gasteiger partial charge in [-0.15, -0.1) is 0 Å². The lowest BCUT2D eigenvalue weighted by molar-refractivity contribution is 0.0941. The Morgan fingerprint density at radius 1 is 1.33 bits per heavy atom. The summed E-state index contributed by atoms with van der Waals surface area (Å²) in [6, 6.07) is 1.90. The number of aryl methyl sites for hydroxylation is 2. The van der Waals surface area contributed by atoms with Crippen LogP contribution < -0.4 is 10.9 Å². The number of carbonyl (C=O) groups is 1. The number of methoxy groups -OCH3 is 1. The highest BCUT2D eigenvalue weighted by molar-refractivity contribution is 5.95. The molecular weight excluding hydrogens is 304 g/mol. The summed E-state index contributed by atoms with van der Waals surface area (Å²) in [6.07, 6.45) is 6.93.